The Labute approximate surface area is 153 Å². The molecular formula is C16H11Cl3N4O. The summed E-state index contributed by atoms with van der Waals surface area (Å²) in [6.45, 7) is 0. The minimum atomic E-state index is 0.283. The van der Waals surface area contributed by atoms with E-state index in [-0.39, 0.29) is 5.15 Å². The number of ether oxygens (including phenoxy) is 1. The average molecular weight is 382 g/mol. The topological polar surface area (TPSA) is 59.9 Å². The third-order valence-electron chi connectivity index (χ3n) is 3.09. The van der Waals surface area contributed by atoms with Gasteiger partial charge in [0.25, 0.3) is 0 Å². The summed E-state index contributed by atoms with van der Waals surface area (Å²) in [7, 11) is 1.53. The van der Waals surface area contributed by atoms with Crippen LogP contribution in [0.5, 0.6) is 5.75 Å². The standard InChI is InChI=1S/C16H11Cl3N4O/c1-24-13-7-12(9(17)6-10(13)18)21-15-8-14(19)22-16(23-15)11-4-2-3-5-20-11/h2-8H,1H3,(H,21,22,23). The smallest absolute Gasteiger partial charge is 0.181 e. The zero-order chi connectivity index (χ0) is 17.1. The number of benzene rings is 1. The number of rotatable bonds is 4. The number of nitrogens with zero attached hydrogens (tertiary/aromatic N) is 3. The SMILES string of the molecule is COc1cc(Nc2cc(Cl)nc(-c3ccccn3)n2)c(Cl)cc1Cl. The first kappa shape index (κ1) is 16.8. The maximum Gasteiger partial charge on any atom is 0.181 e. The molecule has 0 unspecified atom stereocenters. The molecule has 24 heavy (non-hydrogen) atoms. The summed E-state index contributed by atoms with van der Waals surface area (Å²) in [5.74, 6) is 1.37. The summed E-state index contributed by atoms with van der Waals surface area (Å²) in [5.41, 5.74) is 1.20. The predicted octanol–water partition coefficient (Wildman–Crippen LogP) is 5.25. The molecule has 5 nitrogen and oxygen atoms in total. The lowest BCUT2D eigenvalue weighted by Gasteiger charge is -2.12. The predicted molar refractivity (Wildman–Crippen MR) is 96.6 cm³/mol. The van der Waals surface area contributed by atoms with Crippen LogP contribution in [-0.2, 0) is 0 Å². The van der Waals surface area contributed by atoms with E-state index in [4.69, 9.17) is 39.5 Å². The van der Waals surface area contributed by atoms with Crippen LogP contribution in [0.15, 0.2) is 42.6 Å². The molecule has 2 aromatic heterocycles. The molecule has 2 heterocycles. The van der Waals surface area contributed by atoms with Crippen molar-refractivity contribution in [2.24, 2.45) is 0 Å². The molecule has 0 atom stereocenters. The Kier molecular flexibility index (Phi) is 5.04. The van der Waals surface area contributed by atoms with Crippen molar-refractivity contribution < 1.29 is 4.74 Å². The number of methoxy groups -OCH3 is 1. The number of hydrogen-bond donors (Lipinski definition) is 1. The van der Waals surface area contributed by atoms with Gasteiger partial charge >= 0.3 is 0 Å². The minimum Gasteiger partial charge on any atom is -0.495 e. The molecule has 0 aliphatic rings. The number of hydrogen-bond acceptors (Lipinski definition) is 5. The molecule has 0 saturated heterocycles. The lowest BCUT2D eigenvalue weighted by atomic mass is 10.3. The molecule has 0 spiro atoms. The number of anilines is 2. The van der Waals surface area contributed by atoms with Crippen molar-refractivity contribution in [1.82, 2.24) is 15.0 Å². The van der Waals surface area contributed by atoms with Gasteiger partial charge in [0.2, 0.25) is 0 Å². The van der Waals surface area contributed by atoms with Gasteiger partial charge in [-0.05, 0) is 18.2 Å². The van der Waals surface area contributed by atoms with Crippen LogP contribution in [0.2, 0.25) is 15.2 Å². The van der Waals surface area contributed by atoms with Crippen LogP contribution in [0.1, 0.15) is 0 Å². The number of nitrogens with one attached hydrogen (secondary N) is 1. The van der Waals surface area contributed by atoms with Crippen LogP contribution in [0.4, 0.5) is 11.5 Å². The number of halogens is 3. The largest absolute Gasteiger partial charge is 0.495 e. The summed E-state index contributed by atoms with van der Waals surface area (Å²) in [6, 6.07) is 10.3. The molecule has 0 fully saturated rings. The van der Waals surface area contributed by atoms with Crippen molar-refractivity contribution in [2.75, 3.05) is 12.4 Å². The van der Waals surface area contributed by atoms with Gasteiger partial charge in [0.05, 0.1) is 22.8 Å². The van der Waals surface area contributed by atoms with E-state index in [0.717, 1.165) is 0 Å². The molecule has 1 N–H and O–H groups in total. The van der Waals surface area contributed by atoms with E-state index >= 15 is 0 Å². The van der Waals surface area contributed by atoms with Crippen molar-refractivity contribution in [3.63, 3.8) is 0 Å². The summed E-state index contributed by atoms with van der Waals surface area (Å²) in [6.07, 6.45) is 1.66. The summed E-state index contributed by atoms with van der Waals surface area (Å²) in [5, 5.41) is 4.22. The fourth-order valence-corrected chi connectivity index (χ4v) is 2.70. The van der Waals surface area contributed by atoms with Gasteiger partial charge in [-0.2, -0.15) is 0 Å². The first-order valence-electron chi connectivity index (χ1n) is 6.83. The van der Waals surface area contributed by atoms with E-state index < -0.39 is 0 Å². The summed E-state index contributed by atoms with van der Waals surface area (Å²) >= 11 is 18.3. The Morgan fingerprint density at radius 2 is 1.83 bits per heavy atom. The molecule has 3 rings (SSSR count). The van der Waals surface area contributed by atoms with Gasteiger partial charge in [0.1, 0.15) is 22.4 Å². The summed E-state index contributed by atoms with van der Waals surface area (Å²) < 4.78 is 5.20. The van der Waals surface area contributed by atoms with E-state index in [1.165, 1.54) is 7.11 Å². The fraction of sp³-hybridized carbons (Fsp3) is 0.0625. The monoisotopic (exact) mass is 380 g/mol. The highest BCUT2D eigenvalue weighted by Gasteiger charge is 2.11. The Morgan fingerprint density at radius 1 is 1.00 bits per heavy atom. The molecule has 0 aliphatic heterocycles. The maximum atomic E-state index is 6.21. The van der Waals surface area contributed by atoms with Crippen molar-refractivity contribution in [3.8, 4) is 17.3 Å². The van der Waals surface area contributed by atoms with Crippen LogP contribution in [0.25, 0.3) is 11.5 Å². The molecule has 0 saturated carbocycles. The first-order chi connectivity index (χ1) is 11.6. The molecule has 3 aromatic rings. The van der Waals surface area contributed by atoms with Crippen LogP contribution in [-0.4, -0.2) is 22.1 Å². The van der Waals surface area contributed by atoms with Crippen molar-refractivity contribution in [1.29, 1.82) is 0 Å². The van der Waals surface area contributed by atoms with Crippen molar-refractivity contribution >= 4 is 46.3 Å². The number of pyridine rings is 1. The zero-order valence-electron chi connectivity index (χ0n) is 12.4. The van der Waals surface area contributed by atoms with Crippen LogP contribution >= 0.6 is 34.8 Å². The Balaban J connectivity index is 1.98. The van der Waals surface area contributed by atoms with Gasteiger partial charge in [-0.25, -0.2) is 9.97 Å². The Bertz CT molecular complexity index is 875. The molecule has 0 aliphatic carbocycles. The van der Waals surface area contributed by atoms with Gasteiger partial charge in [-0.3, -0.25) is 4.98 Å². The molecule has 0 radical (unpaired) electrons. The van der Waals surface area contributed by atoms with Crippen molar-refractivity contribution in [3.05, 3.63) is 57.8 Å². The molecule has 122 valence electrons. The molecule has 0 amide bonds. The highest BCUT2D eigenvalue weighted by molar-refractivity contribution is 6.37. The molecule has 8 heteroatoms. The van der Waals surface area contributed by atoms with Crippen LogP contribution < -0.4 is 10.1 Å². The molecule has 1 aromatic carbocycles. The lowest BCUT2D eigenvalue weighted by Crippen LogP contribution is -1.99. The van der Waals surface area contributed by atoms with Crippen LogP contribution in [0.3, 0.4) is 0 Å². The average Bonchev–Trinajstić information content (AvgIpc) is 2.57. The van der Waals surface area contributed by atoms with Gasteiger partial charge in [-0.1, -0.05) is 40.9 Å². The fourth-order valence-electron chi connectivity index (χ4n) is 2.01. The molecular weight excluding hydrogens is 371 g/mol. The highest BCUT2D eigenvalue weighted by Crippen LogP contribution is 2.35. The molecule has 0 bridgehead atoms. The Morgan fingerprint density at radius 3 is 2.54 bits per heavy atom. The van der Waals surface area contributed by atoms with E-state index in [1.807, 2.05) is 12.1 Å². The second-order valence-electron chi connectivity index (χ2n) is 4.71. The maximum absolute atomic E-state index is 6.21. The van der Waals surface area contributed by atoms with E-state index in [2.05, 4.69) is 20.3 Å². The van der Waals surface area contributed by atoms with Gasteiger partial charge in [0, 0.05) is 18.3 Å². The van der Waals surface area contributed by atoms with E-state index in [1.54, 1.807) is 30.5 Å². The van der Waals surface area contributed by atoms with Crippen LogP contribution in [0, 0.1) is 0 Å². The lowest BCUT2D eigenvalue weighted by molar-refractivity contribution is 0.415. The summed E-state index contributed by atoms with van der Waals surface area (Å²) in [4.78, 5) is 12.8. The Hall–Kier alpha value is -2.08. The number of aromatic nitrogens is 3. The quantitative estimate of drug-likeness (QED) is 0.625. The highest BCUT2D eigenvalue weighted by atomic mass is 35.5. The first-order valence-corrected chi connectivity index (χ1v) is 7.96. The van der Waals surface area contributed by atoms with E-state index in [0.29, 0.717) is 38.8 Å². The zero-order valence-corrected chi connectivity index (χ0v) is 14.7. The van der Waals surface area contributed by atoms with E-state index in [9.17, 15) is 0 Å². The second-order valence-corrected chi connectivity index (χ2v) is 5.91. The third kappa shape index (κ3) is 3.70. The van der Waals surface area contributed by atoms with Gasteiger partial charge in [0.15, 0.2) is 5.82 Å². The van der Waals surface area contributed by atoms with Gasteiger partial charge < -0.3 is 10.1 Å². The second kappa shape index (κ2) is 7.21. The van der Waals surface area contributed by atoms with Crippen molar-refractivity contribution in [2.45, 2.75) is 0 Å². The third-order valence-corrected chi connectivity index (χ3v) is 3.89. The normalized spacial score (nSPS) is 10.5. The minimum absolute atomic E-state index is 0.283. The van der Waals surface area contributed by atoms with Gasteiger partial charge in [-0.15, -0.1) is 0 Å².